The van der Waals surface area contributed by atoms with Crippen molar-refractivity contribution in [3.05, 3.63) is 16.3 Å². The van der Waals surface area contributed by atoms with E-state index in [0.29, 0.717) is 29.8 Å². The Morgan fingerprint density at radius 3 is 2.89 bits per heavy atom. The second kappa shape index (κ2) is 6.10. The van der Waals surface area contributed by atoms with E-state index in [2.05, 4.69) is 6.92 Å². The number of ether oxygens (including phenoxy) is 1. The van der Waals surface area contributed by atoms with Gasteiger partial charge in [0.25, 0.3) is 0 Å². The highest BCUT2D eigenvalue weighted by atomic mass is 35.5. The molecule has 2 heterocycles. The summed E-state index contributed by atoms with van der Waals surface area (Å²) in [6, 6.07) is 1.66. The van der Waals surface area contributed by atoms with Crippen LogP contribution in [0.1, 0.15) is 18.2 Å². The molecule has 0 radical (unpaired) electrons. The highest BCUT2D eigenvalue weighted by molar-refractivity contribution is 7.89. The summed E-state index contributed by atoms with van der Waals surface area (Å²) in [5, 5.41) is 1.66. The van der Waals surface area contributed by atoms with Gasteiger partial charge in [0.05, 0.1) is 16.9 Å². The lowest BCUT2D eigenvalue weighted by atomic mass is 9.97. The fourth-order valence-corrected chi connectivity index (χ4v) is 5.09. The minimum Gasteiger partial charge on any atom is -0.380 e. The molecule has 0 aliphatic carbocycles. The van der Waals surface area contributed by atoms with Gasteiger partial charge in [0.1, 0.15) is 0 Å². The molecule has 19 heavy (non-hydrogen) atoms. The number of halogens is 1. The lowest BCUT2D eigenvalue weighted by molar-refractivity contribution is 0.0184. The first-order valence-corrected chi connectivity index (χ1v) is 9.00. The Morgan fingerprint density at radius 1 is 1.58 bits per heavy atom. The fourth-order valence-electron chi connectivity index (χ4n) is 2.25. The quantitative estimate of drug-likeness (QED) is 0.800. The zero-order valence-electron chi connectivity index (χ0n) is 11.0. The average molecular weight is 324 g/mol. The van der Waals surface area contributed by atoms with E-state index in [9.17, 15) is 8.42 Å². The van der Waals surface area contributed by atoms with Crippen molar-refractivity contribution in [3.8, 4) is 0 Å². The van der Waals surface area contributed by atoms with Crippen molar-refractivity contribution >= 4 is 33.0 Å². The first-order chi connectivity index (χ1) is 8.98. The van der Waals surface area contributed by atoms with Crippen LogP contribution in [0.2, 0.25) is 0 Å². The van der Waals surface area contributed by atoms with Crippen molar-refractivity contribution in [2.75, 3.05) is 20.2 Å². The van der Waals surface area contributed by atoms with Crippen molar-refractivity contribution in [3.63, 3.8) is 0 Å². The number of rotatable bonds is 4. The van der Waals surface area contributed by atoms with Crippen molar-refractivity contribution < 1.29 is 13.2 Å². The Bertz CT molecular complexity index is 529. The standard InChI is InChI=1S/C12H18ClNO3S2/c1-9-3-4-14(7-12(9)17-2)19(15,16)11-5-10(6-13)18-8-11/h5,8-9,12H,3-4,6-7H2,1-2H3. The van der Waals surface area contributed by atoms with Crippen molar-refractivity contribution in [1.82, 2.24) is 4.31 Å². The van der Waals surface area contributed by atoms with Crippen LogP contribution in [0.25, 0.3) is 0 Å². The highest BCUT2D eigenvalue weighted by Gasteiger charge is 2.34. The molecule has 2 atom stereocenters. The average Bonchev–Trinajstić information content (AvgIpc) is 2.88. The molecule has 1 aromatic heterocycles. The topological polar surface area (TPSA) is 46.6 Å². The zero-order valence-corrected chi connectivity index (χ0v) is 13.4. The Morgan fingerprint density at radius 2 is 2.32 bits per heavy atom. The zero-order chi connectivity index (χ0) is 14.0. The molecule has 4 nitrogen and oxygen atoms in total. The van der Waals surface area contributed by atoms with E-state index in [-0.39, 0.29) is 6.10 Å². The molecule has 0 N–H and O–H groups in total. The summed E-state index contributed by atoms with van der Waals surface area (Å²) in [6.45, 7) is 3.07. The maximum atomic E-state index is 12.5. The molecule has 1 aromatic rings. The van der Waals surface area contributed by atoms with Crippen LogP contribution in [0, 0.1) is 5.92 Å². The maximum Gasteiger partial charge on any atom is 0.243 e. The molecule has 0 bridgehead atoms. The normalized spacial score (nSPS) is 25.6. The smallest absolute Gasteiger partial charge is 0.243 e. The van der Waals surface area contributed by atoms with Gasteiger partial charge < -0.3 is 4.74 Å². The fraction of sp³-hybridized carbons (Fsp3) is 0.667. The molecule has 0 amide bonds. The van der Waals surface area contributed by atoms with Gasteiger partial charge in [-0.2, -0.15) is 4.31 Å². The highest BCUT2D eigenvalue weighted by Crippen LogP contribution is 2.28. The van der Waals surface area contributed by atoms with Crippen LogP contribution in [-0.4, -0.2) is 39.0 Å². The van der Waals surface area contributed by atoms with Crippen LogP contribution < -0.4 is 0 Å². The maximum absolute atomic E-state index is 12.5. The molecule has 1 aliphatic heterocycles. The predicted octanol–water partition coefficient (Wildman–Crippen LogP) is 2.53. The van der Waals surface area contributed by atoms with Gasteiger partial charge in [-0.05, 0) is 18.4 Å². The minimum absolute atomic E-state index is 0.0327. The first-order valence-electron chi connectivity index (χ1n) is 6.15. The SMILES string of the molecule is COC1CN(S(=O)(=O)c2csc(CCl)c2)CCC1C. The molecule has 1 saturated heterocycles. The molecule has 2 unspecified atom stereocenters. The monoisotopic (exact) mass is 323 g/mol. The van der Waals surface area contributed by atoms with E-state index in [4.69, 9.17) is 16.3 Å². The largest absolute Gasteiger partial charge is 0.380 e. The van der Waals surface area contributed by atoms with E-state index >= 15 is 0 Å². The van der Waals surface area contributed by atoms with Gasteiger partial charge >= 0.3 is 0 Å². The summed E-state index contributed by atoms with van der Waals surface area (Å²) in [7, 11) is -1.78. The summed E-state index contributed by atoms with van der Waals surface area (Å²) < 4.78 is 31.9. The van der Waals surface area contributed by atoms with Crippen LogP contribution in [0.4, 0.5) is 0 Å². The third-order valence-electron chi connectivity index (χ3n) is 3.55. The lowest BCUT2D eigenvalue weighted by Gasteiger charge is -2.35. The number of methoxy groups -OCH3 is 1. The summed E-state index contributed by atoms with van der Waals surface area (Å²) in [6.07, 6.45) is 0.791. The Labute approximate surface area is 123 Å². The van der Waals surface area contributed by atoms with Crippen molar-refractivity contribution in [1.29, 1.82) is 0 Å². The molecule has 0 saturated carbocycles. The van der Waals surface area contributed by atoms with E-state index in [1.165, 1.54) is 15.6 Å². The second-order valence-corrected chi connectivity index (χ2v) is 7.99. The Balaban J connectivity index is 2.20. The predicted molar refractivity (Wildman–Crippen MR) is 77.2 cm³/mol. The number of hydrogen-bond donors (Lipinski definition) is 0. The van der Waals surface area contributed by atoms with Crippen LogP contribution in [0.5, 0.6) is 0 Å². The van der Waals surface area contributed by atoms with Gasteiger partial charge in [-0.25, -0.2) is 8.42 Å². The van der Waals surface area contributed by atoms with Crippen LogP contribution in [0.3, 0.4) is 0 Å². The molecule has 1 aliphatic rings. The summed E-state index contributed by atoms with van der Waals surface area (Å²) >= 11 is 7.10. The van der Waals surface area contributed by atoms with Crippen molar-refractivity contribution in [2.24, 2.45) is 5.92 Å². The number of piperidine rings is 1. The molecule has 7 heteroatoms. The van der Waals surface area contributed by atoms with E-state index in [1.807, 2.05) is 0 Å². The van der Waals surface area contributed by atoms with Crippen LogP contribution >= 0.6 is 22.9 Å². The van der Waals surface area contributed by atoms with Gasteiger partial charge in [-0.1, -0.05) is 6.92 Å². The van der Waals surface area contributed by atoms with Gasteiger partial charge in [-0.15, -0.1) is 22.9 Å². The molecule has 2 rings (SSSR count). The molecular formula is C12H18ClNO3S2. The first kappa shape index (κ1) is 15.3. The van der Waals surface area contributed by atoms with Gasteiger partial charge in [0, 0.05) is 30.5 Å². The number of nitrogens with zero attached hydrogens (tertiary/aromatic N) is 1. The number of thiophene rings is 1. The number of hydrogen-bond acceptors (Lipinski definition) is 4. The third-order valence-corrected chi connectivity index (χ3v) is 6.93. The summed E-state index contributed by atoms with van der Waals surface area (Å²) in [5.41, 5.74) is 0. The lowest BCUT2D eigenvalue weighted by Crippen LogP contribution is -2.46. The van der Waals surface area contributed by atoms with Crippen LogP contribution in [-0.2, 0) is 20.6 Å². The summed E-state index contributed by atoms with van der Waals surface area (Å²) in [4.78, 5) is 1.21. The minimum atomic E-state index is -3.41. The molecule has 108 valence electrons. The van der Waals surface area contributed by atoms with Gasteiger partial charge in [0.15, 0.2) is 0 Å². The molecule has 0 aromatic carbocycles. The van der Waals surface area contributed by atoms with E-state index < -0.39 is 10.0 Å². The second-order valence-electron chi connectivity index (χ2n) is 4.79. The van der Waals surface area contributed by atoms with Crippen molar-refractivity contribution in [2.45, 2.75) is 30.2 Å². The molecular weight excluding hydrogens is 306 g/mol. The Hall–Kier alpha value is -0.140. The van der Waals surface area contributed by atoms with Gasteiger partial charge in [-0.3, -0.25) is 0 Å². The number of sulfonamides is 1. The molecule has 0 spiro atoms. The van der Waals surface area contributed by atoms with E-state index in [0.717, 1.165) is 11.3 Å². The third kappa shape index (κ3) is 3.13. The molecule has 1 fully saturated rings. The summed E-state index contributed by atoms with van der Waals surface area (Å²) in [5.74, 6) is 0.732. The van der Waals surface area contributed by atoms with E-state index in [1.54, 1.807) is 18.6 Å². The van der Waals surface area contributed by atoms with Crippen LogP contribution in [0.15, 0.2) is 16.3 Å². The number of alkyl halides is 1. The van der Waals surface area contributed by atoms with Gasteiger partial charge in [0.2, 0.25) is 10.0 Å². The Kier molecular flexibility index (Phi) is 4.89.